The van der Waals surface area contributed by atoms with Gasteiger partial charge in [0.15, 0.2) is 5.65 Å². The van der Waals surface area contributed by atoms with Gasteiger partial charge in [0, 0.05) is 29.4 Å². The third-order valence-electron chi connectivity index (χ3n) is 5.48. The lowest BCUT2D eigenvalue weighted by Crippen LogP contribution is -2.36. The first-order valence-corrected chi connectivity index (χ1v) is 10.8. The maximum atomic E-state index is 10.0. The van der Waals surface area contributed by atoms with Crippen LogP contribution in [0.2, 0.25) is 5.02 Å². The highest BCUT2D eigenvalue weighted by molar-refractivity contribution is 6.35. The molecule has 7 nitrogen and oxygen atoms in total. The second kappa shape index (κ2) is 8.58. The molecule has 4 aromatic rings. The van der Waals surface area contributed by atoms with E-state index in [2.05, 4.69) is 20.9 Å². The molecule has 8 heteroatoms. The summed E-state index contributed by atoms with van der Waals surface area (Å²) in [6.45, 7) is 5.00. The number of hydrogen-bond donors (Lipinski definition) is 0. The zero-order valence-electron chi connectivity index (χ0n) is 17.5. The quantitative estimate of drug-likeness (QED) is 0.424. The van der Waals surface area contributed by atoms with E-state index in [9.17, 15) is 5.26 Å². The van der Waals surface area contributed by atoms with Crippen LogP contribution < -0.4 is 9.64 Å². The molecule has 1 aromatic carbocycles. The second-order valence-corrected chi connectivity index (χ2v) is 7.77. The van der Waals surface area contributed by atoms with Crippen LogP contribution in [-0.2, 0) is 4.74 Å². The highest BCUT2D eigenvalue weighted by Gasteiger charge is 2.22. The first kappa shape index (κ1) is 20.4. The molecule has 0 atom stereocenters. The van der Waals surface area contributed by atoms with E-state index < -0.39 is 0 Å². The number of morpholine rings is 1. The molecule has 0 saturated carbocycles. The summed E-state index contributed by atoms with van der Waals surface area (Å²) in [7, 11) is 0. The van der Waals surface area contributed by atoms with Crippen molar-refractivity contribution < 1.29 is 9.47 Å². The Morgan fingerprint density at radius 2 is 1.94 bits per heavy atom. The maximum Gasteiger partial charge on any atom is 0.234 e. The van der Waals surface area contributed by atoms with Crippen LogP contribution in [0.1, 0.15) is 12.5 Å². The van der Waals surface area contributed by atoms with E-state index in [0.717, 1.165) is 40.8 Å². The Bertz CT molecular complexity index is 1350. The number of halogens is 1. The molecule has 0 unspecified atom stereocenters. The molecule has 3 aromatic heterocycles. The van der Waals surface area contributed by atoms with E-state index in [1.807, 2.05) is 43.3 Å². The highest BCUT2D eigenvalue weighted by Crippen LogP contribution is 2.39. The van der Waals surface area contributed by atoms with Gasteiger partial charge < -0.3 is 14.4 Å². The maximum absolute atomic E-state index is 10.0. The van der Waals surface area contributed by atoms with Crippen molar-refractivity contribution >= 4 is 39.4 Å². The van der Waals surface area contributed by atoms with Gasteiger partial charge in [0.1, 0.15) is 17.5 Å². The van der Waals surface area contributed by atoms with Crippen LogP contribution in [0.3, 0.4) is 0 Å². The van der Waals surface area contributed by atoms with Crippen LogP contribution in [-0.4, -0.2) is 47.9 Å². The summed E-state index contributed by atoms with van der Waals surface area (Å²) in [6.07, 6.45) is 1.62. The molecule has 1 saturated heterocycles. The van der Waals surface area contributed by atoms with Gasteiger partial charge in [0.25, 0.3) is 0 Å². The molecule has 1 aliphatic rings. The molecule has 1 aliphatic heterocycles. The van der Waals surface area contributed by atoms with E-state index in [-0.39, 0.29) is 5.88 Å². The molecule has 1 fully saturated rings. The number of fused-ring (bicyclic) bond motifs is 2. The third-order valence-corrected chi connectivity index (χ3v) is 5.75. The average molecular weight is 446 g/mol. The Morgan fingerprint density at radius 3 is 2.66 bits per heavy atom. The van der Waals surface area contributed by atoms with Crippen molar-refractivity contribution in [2.24, 2.45) is 0 Å². The summed E-state index contributed by atoms with van der Waals surface area (Å²) in [5.41, 5.74) is 3.11. The Kier molecular flexibility index (Phi) is 5.48. The fourth-order valence-electron chi connectivity index (χ4n) is 4.04. The van der Waals surface area contributed by atoms with Gasteiger partial charge >= 0.3 is 0 Å². The van der Waals surface area contributed by atoms with Gasteiger partial charge in [-0.3, -0.25) is 0 Å². The zero-order valence-corrected chi connectivity index (χ0v) is 18.3. The average Bonchev–Trinajstić information content (AvgIpc) is 2.84. The van der Waals surface area contributed by atoms with Crippen LogP contribution in [0.15, 0.2) is 42.6 Å². The van der Waals surface area contributed by atoms with Crippen molar-refractivity contribution in [3.8, 4) is 23.1 Å². The Morgan fingerprint density at radius 1 is 1.16 bits per heavy atom. The molecular formula is C24H20ClN5O2. The predicted octanol–water partition coefficient (Wildman–Crippen LogP) is 4.61. The Balaban J connectivity index is 1.87. The number of hydrogen-bond acceptors (Lipinski definition) is 7. The fraction of sp³-hybridized carbons (Fsp3) is 0.250. The molecule has 0 bridgehead atoms. The first-order valence-electron chi connectivity index (χ1n) is 10.4. The SMILES string of the molecule is CCOc1nc2nc3c(Cl)cnc(N4CCOCC4)c3cc2c(-c2ccccc2)c1C#N. The lowest BCUT2D eigenvalue weighted by Gasteiger charge is -2.28. The predicted molar refractivity (Wildman–Crippen MR) is 124 cm³/mol. The van der Waals surface area contributed by atoms with Crippen molar-refractivity contribution in [2.45, 2.75) is 6.92 Å². The van der Waals surface area contributed by atoms with E-state index in [1.54, 1.807) is 6.20 Å². The number of rotatable bonds is 4. The van der Waals surface area contributed by atoms with Gasteiger partial charge in [0.05, 0.1) is 36.6 Å². The van der Waals surface area contributed by atoms with Gasteiger partial charge in [0.2, 0.25) is 5.88 Å². The minimum atomic E-state index is 0.270. The molecule has 32 heavy (non-hydrogen) atoms. The molecule has 0 N–H and O–H groups in total. The minimum Gasteiger partial charge on any atom is -0.477 e. The van der Waals surface area contributed by atoms with Crippen LogP contribution in [0.4, 0.5) is 5.82 Å². The van der Waals surface area contributed by atoms with Crippen molar-refractivity contribution in [1.29, 1.82) is 5.26 Å². The van der Waals surface area contributed by atoms with Crippen LogP contribution in [0, 0.1) is 11.3 Å². The molecule has 4 heterocycles. The smallest absolute Gasteiger partial charge is 0.234 e. The second-order valence-electron chi connectivity index (χ2n) is 7.36. The van der Waals surface area contributed by atoms with Gasteiger partial charge in [-0.15, -0.1) is 0 Å². The number of anilines is 1. The molecule has 0 amide bonds. The summed E-state index contributed by atoms with van der Waals surface area (Å²) < 4.78 is 11.2. The number of benzene rings is 1. The Labute approximate surface area is 190 Å². The molecule has 160 valence electrons. The van der Waals surface area contributed by atoms with Crippen LogP contribution in [0.25, 0.3) is 33.1 Å². The lowest BCUT2D eigenvalue weighted by molar-refractivity contribution is 0.122. The molecule has 0 radical (unpaired) electrons. The zero-order chi connectivity index (χ0) is 22.1. The normalized spacial score (nSPS) is 14.0. The van der Waals surface area contributed by atoms with Gasteiger partial charge in [-0.1, -0.05) is 41.9 Å². The van der Waals surface area contributed by atoms with Gasteiger partial charge in [-0.05, 0) is 18.6 Å². The third kappa shape index (κ3) is 3.48. The number of nitrogens with zero attached hydrogens (tertiary/aromatic N) is 5. The first-order chi connectivity index (χ1) is 15.7. The summed E-state index contributed by atoms with van der Waals surface area (Å²) in [5, 5.41) is 12.0. The minimum absolute atomic E-state index is 0.270. The lowest BCUT2D eigenvalue weighted by atomic mass is 9.97. The van der Waals surface area contributed by atoms with Crippen molar-refractivity contribution in [1.82, 2.24) is 15.0 Å². The topological polar surface area (TPSA) is 84.2 Å². The number of pyridine rings is 3. The summed E-state index contributed by atoms with van der Waals surface area (Å²) >= 11 is 6.51. The largest absolute Gasteiger partial charge is 0.477 e. The van der Waals surface area contributed by atoms with Gasteiger partial charge in [-0.2, -0.15) is 10.2 Å². The fourth-order valence-corrected chi connectivity index (χ4v) is 4.24. The number of aromatic nitrogens is 3. The molecule has 5 rings (SSSR count). The molecular weight excluding hydrogens is 426 g/mol. The summed E-state index contributed by atoms with van der Waals surface area (Å²) in [6, 6.07) is 14.0. The van der Waals surface area contributed by atoms with Crippen molar-refractivity contribution in [3.63, 3.8) is 0 Å². The van der Waals surface area contributed by atoms with E-state index in [4.69, 9.17) is 26.1 Å². The van der Waals surface area contributed by atoms with Crippen LogP contribution >= 0.6 is 11.6 Å². The monoisotopic (exact) mass is 445 g/mol. The molecule has 0 spiro atoms. The summed E-state index contributed by atoms with van der Waals surface area (Å²) in [4.78, 5) is 16.2. The van der Waals surface area contributed by atoms with E-state index in [1.165, 1.54) is 0 Å². The Hall–Kier alpha value is -3.47. The van der Waals surface area contributed by atoms with Crippen molar-refractivity contribution in [3.05, 3.63) is 53.2 Å². The van der Waals surface area contributed by atoms with Crippen LogP contribution in [0.5, 0.6) is 5.88 Å². The number of nitriles is 1. The standard InChI is InChI=1S/C24H20ClN5O2/c1-2-32-24-18(13-26)20(15-6-4-3-5-7-15)16-12-17-21(28-22(16)29-24)19(25)14-27-23(17)30-8-10-31-11-9-30/h3-7,12,14H,2,8-11H2,1H3. The number of ether oxygens (including phenoxy) is 2. The van der Waals surface area contributed by atoms with Gasteiger partial charge in [-0.25, -0.2) is 9.97 Å². The highest BCUT2D eigenvalue weighted by atomic mass is 35.5. The van der Waals surface area contributed by atoms with E-state index in [0.29, 0.717) is 41.6 Å². The molecule has 0 aliphatic carbocycles. The van der Waals surface area contributed by atoms with E-state index >= 15 is 0 Å². The summed E-state index contributed by atoms with van der Waals surface area (Å²) in [5.74, 6) is 1.07. The van der Waals surface area contributed by atoms with Crippen molar-refractivity contribution in [2.75, 3.05) is 37.8 Å².